The van der Waals surface area contributed by atoms with Crippen molar-refractivity contribution in [2.75, 3.05) is 0 Å². The van der Waals surface area contributed by atoms with Crippen molar-refractivity contribution < 1.29 is 15.0 Å². The third kappa shape index (κ3) is 2.67. The fourth-order valence-electron chi connectivity index (χ4n) is 1.55. The summed E-state index contributed by atoms with van der Waals surface area (Å²) in [5, 5.41) is 19.4. The number of carbonyl (C=O) groups is 1. The van der Waals surface area contributed by atoms with E-state index in [1.165, 1.54) is 0 Å². The van der Waals surface area contributed by atoms with Crippen molar-refractivity contribution in [2.45, 2.75) is 25.7 Å². The van der Waals surface area contributed by atoms with E-state index in [2.05, 4.69) is 19.6 Å². The molecule has 0 radical (unpaired) electrons. The maximum atomic E-state index is 10.7. The lowest BCUT2D eigenvalue weighted by Gasteiger charge is -2.22. The Bertz CT molecular complexity index is 368. The quantitative estimate of drug-likeness (QED) is 0.762. The average molecular weight is 224 g/mol. The van der Waals surface area contributed by atoms with Crippen LogP contribution in [-0.4, -0.2) is 24.3 Å². The van der Waals surface area contributed by atoms with Crippen molar-refractivity contribution in [3.05, 3.63) is 29.8 Å². The largest absolute Gasteiger partial charge is 0.479 e. The summed E-state index contributed by atoms with van der Waals surface area (Å²) in [4.78, 5) is 10.7. The monoisotopic (exact) mass is 224 g/mol. The zero-order valence-electron chi connectivity index (χ0n) is 9.19. The highest BCUT2D eigenvalue weighted by Crippen LogP contribution is 2.15. The van der Waals surface area contributed by atoms with Gasteiger partial charge in [-0.3, -0.25) is 0 Å². The summed E-state index contributed by atoms with van der Waals surface area (Å²) in [6, 6.07) is 7.23. The second-order valence-electron chi connectivity index (χ2n) is 4.58. The van der Waals surface area contributed by atoms with E-state index >= 15 is 0 Å². The first kappa shape index (κ1) is 11.9. The molecule has 0 saturated heterocycles. The maximum Gasteiger partial charge on any atom is 0.337 e. The van der Waals surface area contributed by atoms with Gasteiger partial charge < -0.3 is 10.2 Å². The molecule has 0 aromatic heterocycles. The summed E-state index contributed by atoms with van der Waals surface area (Å²) in [6.45, 7) is 6.38. The molecule has 1 unspecified atom stereocenters. The van der Waals surface area contributed by atoms with Crippen molar-refractivity contribution in [3.63, 3.8) is 0 Å². The first-order valence-corrected chi connectivity index (χ1v) is 8.34. The molecule has 2 N–H and O–H groups in total. The Morgan fingerprint density at radius 3 is 2.27 bits per heavy atom. The van der Waals surface area contributed by atoms with Crippen molar-refractivity contribution in [1.29, 1.82) is 0 Å². The van der Waals surface area contributed by atoms with Gasteiger partial charge in [-0.05, 0) is 5.56 Å². The standard InChI is InChI=1S/C11H16O3Si/c1-15(2,3)9-7-5-4-6-8(9)10(12)11(13)14/h4-7,10,12H,1-3H3,(H,13,14). The molecule has 0 fully saturated rings. The third-order valence-corrected chi connectivity index (χ3v) is 4.37. The molecule has 1 aromatic carbocycles. The normalized spacial score (nSPS) is 13.6. The minimum absolute atomic E-state index is 0.532. The van der Waals surface area contributed by atoms with Crippen LogP contribution in [0.2, 0.25) is 19.6 Å². The number of hydrogen-bond acceptors (Lipinski definition) is 2. The van der Waals surface area contributed by atoms with Crippen LogP contribution in [0.4, 0.5) is 0 Å². The topological polar surface area (TPSA) is 57.5 Å². The lowest BCUT2D eigenvalue weighted by molar-refractivity contribution is -0.146. The summed E-state index contributed by atoms with van der Waals surface area (Å²) in [5.74, 6) is -1.19. The number of hydrogen-bond donors (Lipinski definition) is 2. The number of rotatable bonds is 3. The molecule has 0 aliphatic carbocycles. The van der Waals surface area contributed by atoms with Gasteiger partial charge in [-0.1, -0.05) is 49.1 Å². The molecule has 82 valence electrons. The zero-order valence-corrected chi connectivity index (χ0v) is 10.2. The van der Waals surface area contributed by atoms with Gasteiger partial charge in [0.15, 0.2) is 6.10 Å². The maximum absolute atomic E-state index is 10.7. The molecule has 1 aromatic rings. The van der Waals surface area contributed by atoms with Gasteiger partial charge in [-0.25, -0.2) is 4.79 Å². The predicted molar refractivity (Wildman–Crippen MR) is 62.0 cm³/mol. The molecule has 0 saturated carbocycles. The van der Waals surface area contributed by atoms with E-state index in [1.54, 1.807) is 12.1 Å². The molecule has 4 heteroatoms. The molecule has 0 amide bonds. The van der Waals surface area contributed by atoms with Crippen LogP contribution in [0, 0.1) is 0 Å². The fourth-order valence-corrected chi connectivity index (χ4v) is 3.23. The highest BCUT2D eigenvalue weighted by molar-refractivity contribution is 6.89. The summed E-state index contributed by atoms with van der Waals surface area (Å²) >= 11 is 0. The second kappa shape index (κ2) is 4.16. The molecule has 3 nitrogen and oxygen atoms in total. The fraction of sp³-hybridized carbons (Fsp3) is 0.364. The van der Waals surface area contributed by atoms with Crippen LogP contribution in [0.1, 0.15) is 11.7 Å². The Kier molecular flexibility index (Phi) is 3.31. The molecule has 0 heterocycles. The molecule has 1 rings (SSSR count). The number of benzene rings is 1. The van der Waals surface area contributed by atoms with Crippen LogP contribution in [0.3, 0.4) is 0 Å². The average Bonchev–Trinajstić information content (AvgIpc) is 2.15. The summed E-state index contributed by atoms with van der Waals surface area (Å²) in [7, 11) is -1.61. The molecular weight excluding hydrogens is 208 g/mol. The van der Waals surface area contributed by atoms with Gasteiger partial charge in [0.1, 0.15) is 0 Å². The predicted octanol–water partition coefficient (Wildman–Crippen LogP) is 1.35. The second-order valence-corrected chi connectivity index (χ2v) is 9.62. The summed E-state index contributed by atoms with van der Waals surface area (Å²) < 4.78 is 0. The molecule has 15 heavy (non-hydrogen) atoms. The van der Waals surface area contributed by atoms with Gasteiger partial charge in [0.25, 0.3) is 0 Å². The van der Waals surface area contributed by atoms with Gasteiger partial charge in [-0.15, -0.1) is 0 Å². The van der Waals surface area contributed by atoms with E-state index in [9.17, 15) is 9.90 Å². The van der Waals surface area contributed by atoms with E-state index in [1.807, 2.05) is 12.1 Å². The highest BCUT2D eigenvalue weighted by atomic mass is 28.3. The first-order chi connectivity index (χ1) is 6.84. The van der Waals surface area contributed by atoms with E-state index < -0.39 is 20.1 Å². The van der Waals surface area contributed by atoms with Crippen molar-refractivity contribution in [1.82, 2.24) is 0 Å². The Morgan fingerprint density at radius 1 is 1.27 bits per heavy atom. The summed E-state index contributed by atoms with van der Waals surface area (Å²) in [6.07, 6.45) is -1.41. The number of carboxylic acids is 1. The van der Waals surface area contributed by atoms with Crippen molar-refractivity contribution in [3.8, 4) is 0 Å². The van der Waals surface area contributed by atoms with E-state index in [4.69, 9.17) is 5.11 Å². The number of aliphatic hydroxyl groups is 1. The van der Waals surface area contributed by atoms with Gasteiger partial charge in [-0.2, -0.15) is 0 Å². The Hall–Kier alpha value is -1.13. The molecule has 0 aliphatic heterocycles. The van der Waals surface area contributed by atoms with Crippen molar-refractivity contribution >= 4 is 19.2 Å². The molecule has 0 bridgehead atoms. The molecule has 0 aliphatic rings. The van der Waals surface area contributed by atoms with Crippen LogP contribution in [0.5, 0.6) is 0 Å². The molecule has 1 atom stereocenters. The Labute approximate surface area is 90.4 Å². The number of aliphatic carboxylic acids is 1. The van der Waals surface area contributed by atoms with E-state index in [0.717, 1.165) is 5.19 Å². The minimum atomic E-state index is -1.61. The zero-order chi connectivity index (χ0) is 11.6. The van der Waals surface area contributed by atoms with Crippen molar-refractivity contribution in [2.24, 2.45) is 0 Å². The number of aliphatic hydroxyl groups excluding tert-OH is 1. The van der Waals surface area contributed by atoms with Crippen LogP contribution in [0.15, 0.2) is 24.3 Å². The molecule has 0 spiro atoms. The van der Waals surface area contributed by atoms with E-state index in [0.29, 0.717) is 5.56 Å². The van der Waals surface area contributed by atoms with Crippen LogP contribution >= 0.6 is 0 Å². The SMILES string of the molecule is C[Si](C)(C)c1ccccc1C(O)C(=O)O. The third-order valence-electron chi connectivity index (χ3n) is 2.30. The lowest BCUT2D eigenvalue weighted by Crippen LogP contribution is -2.41. The van der Waals surface area contributed by atoms with Gasteiger partial charge in [0, 0.05) is 0 Å². The van der Waals surface area contributed by atoms with Gasteiger partial charge >= 0.3 is 5.97 Å². The Balaban J connectivity index is 3.24. The van der Waals surface area contributed by atoms with Crippen LogP contribution in [0.25, 0.3) is 0 Å². The smallest absolute Gasteiger partial charge is 0.337 e. The Morgan fingerprint density at radius 2 is 1.80 bits per heavy atom. The molecular formula is C11H16O3Si. The van der Waals surface area contributed by atoms with Crippen LogP contribution < -0.4 is 5.19 Å². The van der Waals surface area contributed by atoms with Gasteiger partial charge in [0.05, 0.1) is 8.07 Å². The first-order valence-electron chi connectivity index (χ1n) is 4.84. The summed E-state index contributed by atoms with van der Waals surface area (Å²) in [5.41, 5.74) is 0.532. The number of carboxylic acid groups (broad SMARTS) is 1. The van der Waals surface area contributed by atoms with Gasteiger partial charge in [0.2, 0.25) is 0 Å². The van der Waals surface area contributed by atoms with Crippen LogP contribution in [-0.2, 0) is 4.79 Å². The lowest BCUT2D eigenvalue weighted by atomic mass is 10.1. The highest BCUT2D eigenvalue weighted by Gasteiger charge is 2.26. The van der Waals surface area contributed by atoms with E-state index in [-0.39, 0.29) is 0 Å². The minimum Gasteiger partial charge on any atom is -0.479 e.